The van der Waals surface area contributed by atoms with E-state index in [1.165, 1.54) is 0 Å². The molecule has 70 valence electrons. The third-order valence-electron chi connectivity index (χ3n) is 2.41. The smallest absolute Gasteiger partial charge is 0.140 e. The summed E-state index contributed by atoms with van der Waals surface area (Å²) in [5, 5.41) is 1.76. The minimum atomic E-state index is 0.678. The number of pyridine rings is 1. The van der Waals surface area contributed by atoms with Crippen LogP contribution >= 0.6 is 11.6 Å². The molecule has 2 aromatic heterocycles. The highest BCUT2D eigenvalue weighted by Crippen LogP contribution is 2.21. The fourth-order valence-electron chi connectivity index (χ4n) is 1.80. The molecular formula is C10H8ClN3. The van der Waals surface area contributed by atoms with Gasteiger partial charge in [-0.25, -0.2) is 4.98 Å². The first kappa shape index (κ1) is 8.00. The molecule has 0 unspecified atom stereocenters. The Bertz CT molecular complexity index is 527. The number of nitrogens with zero attached hydrogens (tertiary/aromatic N) is 3. The van der Waals surface area contributed by atoms with Crippen molar-refractivity contribution in [1.29, 1.82) is 0 Å². The topological polar surface area (TPSA) is 30.2 Å². The first-order valence-electron chi connectivity index (χ1n) is 4.49. The van der Waals surface area contributed by atoms with Crippen molar-refractivity contribution in [1.82, 2.24) is 9.55 Å². The van der Waals surface area contributed by atoms with Crippen molar-refractivity contribution in [3.8, 4) is 0 Å². The molecule has 0 aliphatic carbocycles. The van der Waals surface area contributed by atoms with Gasteiger partial charge in [-0.2, -0.15) is 0 Å². The Labute approximate surface area is 86.0 Å². The first-order chi connectivity index (χ1) is 6.84. The van der Waals surface area contributed by atoms with Crippen LogP contribution in [-0.2, 0) is 6.54 Å². The molecular weight excluding hydrogens is 198 g/mol. The summed E-state index contributed by atoms with van der Waals surface area (Å²) in [7, 11) is 0. The zero-order valence-electron chi connectivity index (χ0n) is 7.44. The molecule has 0 saturated carbocycles. The molecule has 0 amide bonds. The van der Waals surface area contributed by atoms with E-state index in [9.17, 15) is 0 Å². The molecule has 14 heavy (non-hydrogen) atoms. The normalized spacial score (nSPS) is 14.6. The summed E-state index contributed by atoms with van der Waals surface area (Å²) in [6.45, 7) is 1.74. The lowest BCUT2D eigenvalue weighted by Gasteiger charge is -2.09. The summed E-state index contributed by atoms with van der Waals surface area (Å²) in [5.74, 6) is 0. The van der Waals surface area contributed by atoms with Gasteiger partial charge in [-0.05, 0) is 12.1 Å². The number of hydrogen-bond donors (Lipinski definition) is 0. The van der Waals surface area contributed by atoms with Crippen molar-refractivity contribution in [3.05, 3.63) is 29.0 Å². The number of aromatic nitrogens is 2. The van der Waals surface area contributed by atoms with Crippen LogP contribution in [0.15, 0.2) is 23.3 Å². The highest BCUT2D eigenvalue weighted by Gasteiger charge is 2.10. The highest BCUT2D eigenvalue weighted by atomic mass is 35.5. The monoisotopic (exact) mass is 205 g/mol. The largest absolute Gasteiger partial charge is 0.323 e. The van der Waals surface area contributed by atoms with Gasteiger partial charge < -0.3 is 4.57 Å². The van der Waals surface area contributed by atoms with Gasteiger partial charge in [0.05, 0.1) is 17.3 Å². The fraction of sp³-hybridized carbons (Fsp3) is 0.200. The minimum Gasteiger partial charge on any atom is -0.323 e. The Morgan fingerprint density at radius 3 is 3.21 bits per heavy atom. The molecule has 0 atom stereocenters. The number of aliphatic imine (C=N–C) groups is 1. The molecule has 3 rings (SSSR count). The average Bonchev–Trinajstić information content (AvgIpc) is 2.54. The van der Waals surface area contributed by atoms with E-state index >= 15 is 0 Å². The standard InChI is InChI=1S/C10H8ClN3/c11-8-3-7-4-9-6-12-1-2-14(9)10(7)13-5-8/h3-6H,1-2H2. The lowest BCUT2D eigenvalue weighted by atomic mass is 10.3. The second-order valence-corrected chi connectivity index (χ2v) is 3.76. The lowest BCUT2D eigenvalue weighted by molar-refractivity contribution is 0.710. The van der Waals surface area contributed by atoms with Crippen LogP contribution < -0.4 is 0 Å². The molecule has 1 aliphatic heterocycles. The molecule has 0 aromatic carbocycles. The van der Waals surface area contributed by atoms with Crippen LogP contribution in [0.5, 0.6) is 0 Å². The molecule has 3 heterocycles. The summed E-state index contributed by atoms with van der Waals surface area (Å²) in [5.41, 5.74) is 2.11. The molecule has 0 N–H and O–H groups in total. The van der Waals surface area contributed by atoms with Crippen molar-refractivity contribution in [2.24, 2.45) is 4.99 Å². The van der Waals surface area contributed by atoms with Crippen LogP contribution in [0, 0.1) is 0 Å². The highest BCUT2D eigenvalue weighted by molar-refractivity contribution is 6.31. The van der Waals surface area contributed by atoms with Crippen LogP contribution in [0.25, 0.3) is 11.0 Å². The van der Waals surface area contributed by atoms with Crippen molar-refractivity contribution >= 4 is 28.8 Å². The van der Waals surface area contributed by atoms with E-state index in [1.54, 1.807) is 6.20 Å². The second kappa shape index (κ2) is 2.82. The molecule has 4 heteroatoms. The van der Waals surface area contributed by atoms with Gasteiger partial charge in [-0.15, -0.1) is 0 Å². The van der Waals surface area contributed by atoms with Crippen LogP contribution in [0.1, 0.15) is 5.69 Å². The fourth-order valence-corrected chi connectivity index (χ4v) is 1.96. The van der Waals surface area contributed by atoms with Gasteiger partial charge >= 0.3 is 0 Å². The molecule has 1 aliphatic rings. The number of halogens is 1. The Kier molecular flexibility index (Phi) is 1.61. The Balaban J connectivity index is 2.37. The molecule has 3 nitrogen and oxygen atoms in total. The van der Waals surface area contributed by atoms with E-state index in [2.05, 4.69) is 20.6 Å². The predicted octanol–water partition coefficient (Wildman–Crippen LogP) is 2.12. The van der Waals surface area contributed by atoms with Crippen molar-refractivity contribution < 1.29 is 0 Å². The van der Waals surface area contributed by atoms with Crippen LogP contribution in [-0.4, -0.2) is 22.3 Å². The van der Waals surface area contributed by atoms with Gasteiger partial charge in [0.2, 0.25) is 0 Å². The van der Waals surface area contributed by atoms with Gasteiger partial charge in [0, 0.05) is 24.3 Å². The molecule has 2 aromatic rings. The van der Waals surface area contributed by atoms with E-state index in [4.69, 9.17) is 11.6 Å². The zero-order valence-corrected chi connectivity index (χ0v) is 8.20. The van der Waals surface area contributed by atoms with Crippen molar-refractivity contribution in [3.63, 3.8) is 0 Å². The van der Waals surface area contributed by atoms with Gasteiger partial charge in [-0.3, -0.25) is 4.99 Å². The Morgan fingerprint density at radius 1 is 1.36 bits per heavy atom. The molecule has 0 saturated heterocycles. The summed E-state index contributed by atoms with van der Waals surface area (Å²) < 4.78 is 2.17. The first-order valence-corrected chi connectivity index (χ1v) is 4.87. The van der Waals surface area contributed by atoms with E-state index in [1.807, 2.05) is 12.3 Å². The minimum absolute atomic E-state index is 0.678. The molecule has 0 bridgehead atoms. The summed E-state index contributed by atoms with van der Waals surface area (Å²) in [4.78, 5) is 8.55. The Hall–Kier alpha value is -1.35. The summed E-state index contributed by atoms with van der Waals surface area (Å²) >= 11 is 5.88. The maximum Gasteiger partial charge on any atom is 0.140 e. The quantitative estimate of drug-likeness (QED) is 0.648. The van der Waals surface area contributed by atoms with Gasteiger partial charge in [-0.1, -0.05) is 11.6 Å². The van der Waals surface area contributed by atoms with Crippen LogP contribution in [0.4, 0.5) is 0 Å². The Morgan fingerprint density at radius 2 is 2.29 bits per heavy atom. The van der Waals surface area contributed by atoms with Crippen LogP contribution in [0.2, 0.25) is 5.02 Å². The SMILES string of the molecule is Clc1cnc2c(c1)cc1n2CCN=C1. The zero-order chi connectivity index (χ0) is 9.54. The molecule has 0 spiro atoms. The molecule has 0 radical (unpaired) electrons. The average molecular weight is 206 g/mol. The third kappa shape index (κ3) is 1.06. The van der Waals surface area contributed by atoms with E-state index in [0.717, 1.165) is 29.8 Å². The number of fused-ring (bicyclic) bond motifs is 3. The lowest BCUT2D eigenvalue weighted by Crippen LogP contribution is -2.10. The second-order valence-electron chi connectivity index (χ2n) is 3.32. The van der Waals surface area contributed by atoms with Gasteiger partial charge in [0.1, 0.15) is 5.65 Å². The molecule has 0 fully saturated rings. The maximum absolute atomic E-state index is 5.88. The summed E-state index contributed by atoms with van der Waals surface area (Å²) in [6, 6.07) is 4.00. The third-order valence-corrected chi connectivity index (χ3v) is 2.62. The van der Waals surface area contributed by atoms with E-state index < -0.39 is 0 Å². The van der Waals surface area contributed by atoms with Crippen molar-refractivity contribution in [2.45, 2.75) is 6.54 Å². The number of hydrogen-bond acceptors (Lipinski definition) is 2. The van der Waals surface area contributed by atoms with Crippen LogP contribution in [0.3, 0.4) is 0 Å². The predicted molar refractivity (Wildman–Crippen MR) is 57.2 cm³/mol. The van der Waals surface area contributed by atoms with Crippen molar-refractivity contribution in [2.75, 3.05) is 6.54 Å². The number of rotatable bonds is 0. The van der Waals surface area contributed by atoms with Gasteiger partial charge in [0.15, 0.2) is 0 Å². The van der Waals surface area contributed by atoms with E-state index in [-0.39, 0.29) is 0 Å². The maximum atomic E-state index is 5.88. The van der Waals surface area contributed by atoms with E-state index in [0.29, 0.717) is 5.02 Å². The van der Waals surface area contributed by atoms with Gasteiger partial charge in [0.25, 0.3) is 0 Å². The summed E-state index contributed by atoms with van der Waals surface area (Å²) in [6.07, 6.45) is 3.57.